The lowest BCUT2D eigenvalue weighted by Crippen LogP contribution is -2.55. The molecule has 0 spiro atoms. The third kappa shape index (κ3) is 4.25. The van der Waals surface area contributed by atoms with E-state index in [1.807, 2.05) is 6.07 Å². The maximum absolute atomic E-state index is 13.3. The molecule has 1 aliphatic rings. The SMILES string of the molecule is Cn1nc(C(=O)NNC(=O)C(Cc2ccccc2)N2C(=O)c3ccccc3C2=O)c2ccccc2c1=O. The van der Waals surface area contributed by atoms with E-state index in [1.165, 1.54) is 19.2 Å². The fraction of sp³-hybridized carbons (Fsp3) is 0.111. The van der Waals surface area contributed by atoms with Crippen molar-refractivity contribution in [2.75, 3.05) is 0 Å². The minimum absolute atomic E-state index is 0.0367. The highest BCUT2D eigenvalue weighted by molar-refractivity contribution is 6.23. The number of carbonyl (C=O) groups is 4. The number of amides is 4. The Morgan fingerprint density at radius 2 is 1.35 bits per heavy atom. The fourth-order valence-electron chi connectivity index (χ4n) is 4.36. The van der Waals surface area contributed by atoms with E-state index in [2.05, 4.69) is 16.0 Å². The van der Waals surface area contributed by atoms with Crippen LogP contribution in [-0.2, 0) is 18.3 Å². The van der Waals surface area contributed by atoms with Gasteiger partial charge in [0.05, 0.1) is 16.5 Å². The standard InChI is InChI=1S/C27H21N5O5/c1-31-25(35)18-12-6-5-11-17(18)22(30-31)24(34)29-28-23(33)21(15-16-9-3-2-4-10-16)32-26(36)19-13-7-8-14-20(19)27(32)37/h2-14,21H,15H2,1H3,(H,28,33)(H,29,34). The molecule has 0 saturated heterocycles. The van der Waals surface area contributed by atoms with E-state index in [0.29, 0.717) is 10.8 Å². The zero-order valence-electron chi connectivity index (χ0n) is 19.7. The molecule has 0 fully saturated rings. The fourth-order valence-corrected chi connectivity index (χ4v) is 4.36. The van der Waals surface area contributed by atoms with E-state index < -0.39 is 29.7 Å². The van der Waals surface area contributed by atoms with Crippen molar-refractivity contribution in [3.05, 3.63) is 112 Å². The first kappa shape index (κ1) is 23.6. The quantitative estimate of drug-likeness (QED) is 0.320. The molecule has 10 nitrogen and oxygen atoms in total. The van der Waals surface area contributed by atoms with Crippen molar-refractivity contribution in [3.63, 3.8) is 0 Å². The van der Waals surface area contributed by atoms with Crippen molar-refractivity contribution < 1.29 is 19.2 Å². The number of nitrogens with zero attached hydrogens (tertiary/aromatic N) is 3. The van der Waals surface area contributed by atoms with Crippen LogP contribution in [0.15, 0.2) is 83.7 Å². The van der Waals surface area contributed by atoms with E-state index in [9.17, 15) is 24.0 Å². The Balaban J connectivity index is 1.42. The van der Waals surface area contributed by atoms with Gasteiger partial charge in [-0.2, -0.15) is 5.10 Å². The number of aromatic nitrogens is 2. The summed E-state index contributed by atoms with van der Waals surface area (Å²) in [6.07, 6.45) is 0.0367. The van der Waals surface area contributed by atoms with Gasteiger partial charge in [0.1, 0.15) is 6.04 Å². The number of hydrogen-bond donors (Lipinski definition) is 2. The maximum atomic E-state index is 13.3. The Labute approximate surface area is 210 Å². The number of nitrogens with one attached hydrogen (secondary N) is 2. The number of aryl methyl sites for hydroxylation is 1. The predicted molar refractivity (Wildman–Crippen MR) is 133 cm³/mol. The van der Waals surface area contributed by atoms with Gasteiger partial charge in [0, 0.05) is 18.9 Å². The zero-order valence-corrected chi connectivity index (χ0v) is 19.7. The Hall–Kier alpha value is -5.12. The second kappa shape index (κ2) is 9.50. The van der Waals surface area contributed by atoms with Crippen LogP contribution >= 0.6 is 0 Å². The first-order chi connectivity index (χ1) is 17.9. The molecule has 2 N–H and O–H groups in total. The molecule has 4 aromatic rings. The maximum Gasteiger partial charge on any atom is 0.290 e. The van der Waals surface area contributed by atoms with Gasteiger partial charge in [-0.15, -0.1) is 0 Å². The van der Waals surface area contributed by atoms with Crippen molar-refractivity contribution >= 4 is 34.4 Å². The van der Waals surface area contributed by atoms with Gasteiger partial charge in [-0.1, -0.05) is 60.7 Å². The normalized spacial score (nSPS) is 13.4. The highest BCUT2D eigenvalue weighted by Crippen LogP contribution is 2.26. The van der Waals surface area contributed by atoms with Crippen molar-refractivity contribution in [1.29, 1.82) is 0 Å². The van der Waals surface area contributed by atoms with E-state index >= 15 is 0 Å². The largest absolute Gasteiger partial charge is 0.290 e. The molecule has 0 aliphatic carbocycles. The van der Waals surface area contributed by atoms with Crippen molar-refractivity contribution in [1.82, 2.24) is 25.5 Å². The average molecular weight is 495 g/mol. The first-order valence-electron chi connectivity index (χ1n) is 11.4. The number of benzene rings is 3. The molecule has 37 heavy (non-hydrogen) atoms. The molecule has 0 radical (unpaired) electrons. The minimum Gasteiger partial charge on any atom is -0.271 e. The van der Waals surface area contributed by atoms with Gasteiger partial charge in [0.25, 0.3) is 29.2 Å². The third-order valence-corrected chi connectivity index (χ3v) is 6.18. The number of carbonyl (C=O) groups excluding carboxylic acids is 4. The van der Waals surface area contributed by atoms with Gasteiger partial charge in [0.15, 0.2) is 5.69 Å². The van der Waals surface area contributed by atoms with Crippen LogP contribution in [0.3, 0.4) is 0 Å². The lowest BCUT2D eigenvalue weighted by Gasteiger charge is -2.25. The molecule has 0 saturated carbocycles. The Morgan fingerprint density at radius 3 is 2.00 bits per heavy atom. The predicted octanol–water partition coefficient (Wildman–Crippen LogP) is 1.60. The number of rotatable bonds is 5. The number of fused-ring (bicyclic) bond motifs is 2. The number of imide groups is 1. The second-order valence-electron chi connectivity index (χ2n) is 8.50. The van der Waals surface area contributed by atoms with E-state index in [4.69, 9.17) is 0 Å². The summed E-state index contributed by atoms with van der Waals surface area (Å²) in [4.78, 5) is 65.8. The summed E-state index contributed by atoms with van der Waals surface area (Å²) in [6.45, 7) is 0. The summed E-state index contributed by atoms with van der Waals surface area (Å²) in [5.74, 6) is -2.70. The summed E-state index contributed by atoms with van der Waals surface area (Å²) in [5, 5.41) is 4.66. The summed E-state index contributed by atoms with van der Waals surface area (Å²) in [7, 11) is 1.42. The molecule has 5 rings (SSSR count). The van der Waals surface area contributed by atoms with Crippen LogP contribution in [0, 0.1) is 0 Å². The van der Waals surface area contributed by atoms with Gasteiger partial charge >= 0.3 is 0 Å². The van der Waals surface area contributed by atoms with Gasteiger partial charge in [-0.05, 0) is 23.8 Å². The van der Waals surface area contributed by atoms with Crippen LogP contribution in [0.4, 0.5) is 0 Å². The highest BCUT2D eigenvalue weighted by Gasteiger charge is 2.42. The molecule has 1 atom stereocenters. The number of hydrazine groups is 1. The zero-order chi connectivity index (χ0) is 26.1. The monoisotopic (exact) mass is 495 g/mol. The molecule has 2 heterocycles. The Kier molecular flexibility index (Phi) is 6.06. The van der Waals surface area contributed by atoms with Crippen molar-refractivity contribution in [2.24, 2.45) is 7.05 Å². The van der Waals surface area contributed by atoms with Crippen molar-refractivity contribution in [2.45, 2.75) is 12.5 Å². The molecular weight excluding hydrogens is 474 g/mol. The molecular formula is C27H21N5O5. The number of hydrogen-bond acceptors (Lipinski definition) is 6. The molecule has 4 amide bonds. The second-order valence-corrected chi connectivity index (χ2v) is 8.50. The summed E-state index contributed by atoms with van der Waals surface area (Å²) < 4.78 is 1.04. The summed E-state index contributed by atoms with van der Waals surface area (Å²) >= 11 is 0. The lowest BCUT2D eigenvalue weighted by molar-refractivity contribution is -0.125. The smallest absolute Gasteiger partial charge is 0.271 e. The molecule has 1 aliphatic heterocycles. The molecule has 1 unspecified atom stereocenters. The van der Waals surface area contributed by atoms with E-state index in [0.717, 1.165) is 15.1 Å². The van der Waals surface area contributed by atoms with Crippen molar-refractivity contribution in [3.8, 4) is 0 Å². The molecule has 10 heteroatoms. The Morgan fingerprint density at radius 1 is 0.784 bits per heavy atom. The van der Waals surface area contributed by atoms with Crippen LogP contribution < -0.4 is 16.4 Å². The molecule has 3 aromatic carbocycles. The van der Waals surface area contributed by atoms with E-state index in [1.54, 1.807) is 60.7 Å². The average Bonchev–Trinajstić information content (AvgIpc) is 3.18. The van der Waals surface area contributed by atoms with Gasteiger partial charge < -0.3 is 0 Å². The highest BCUT2D eigenvalue weighted by atomic mass is 16.2. The lowest BCUT2D eigenvalue weighted by atomic mass is 10.0. The molecule has 0 bridgehead atoms. The Bertz CT molecular complexity index is 1590. The molecule has 1 aromatic heterocycles. The van der Waals surface area contributed by atoms with Gasteiger partial charge in [-0.25, -0.2) is 4.68 Å². The summed E-state index contributed by atoms with van der Waals surface area (Å²) in [6, 6.07) is 20.5. The van der Waals surface area contributed by atoms with Crippen LogP contribution in [0.2, 0.25) is 0 Å². The van der Waals surface area contributed by atoms with Gasteiger partial charge in [-0.3, -0.25) is 39.7 Å². The minimum atomic E-state index is -1.24. The van der Waals surface area contributed by atoms with Crippen LogP contribution in [-0.4, -0.2) is 44.4 Å². The third-order valence-electron chi connectivity index (χ3n) is 6.18. The van der Waals surface area contributed by atoms with E-state index in [-0.39, 0.29) is 28.8 Å². The first-order valence-corrected chi connectivity index (χ1v) is 11.4. The molecule has 184 valence electrons. The van der Waals surface area contributed by atoms with Gasteiger partial charge in [0.2, 0.25) is 0 Å². The van der Waals surface area contributed by atoms with Crippen LogP contribution in [0.25, 0.3) is 10.8 Å². The summed E-state index contributed by atoms with van der Waals surface area (Å²) in [5.41, 5.74) is 5.35. The van der Waals surface area contributed by atoms with Crippen LogP contribution in [0.5, 0.6) is 0 Å². The van der Waals surface area contributed by atoms with Crippen LogP contribution in [0.1, 0.15) is 36.8 Å². The topological polar surface area (TPSA) is 130 Å².